The van der Waals surface area contributed by atoms with Gasteiger partial charge in [-0.05, 0) is 56.2 Å². The summed E-state index contributed by atoms with van der Waals surface area (Å²) in [4.78, 5) is 19.2. The van der Waals surface area contributed by atoms with E-state index in [0.717, 1.165) is 37.9 Å². The highest BCUT2D eigenvalue weighted by molar-refractivity contribution is 5.96. The Labute approximate surface area is 143 Å². The molecule has 0 saturated carbocycles. The lowest BCUT2D eigenvalue weighted by Gasteiger charge is -2.25. The van der Waals surface area contributed by atoms with Crippen LogP contribution in [0.5, 0.6) is 0 Å². The SMILES string of the molecule is Cc1onc(C(C)C)c1C(=O)N1CCCC1CCc1ccncc1. The summed E-state index contributed by atoms with van der Waals surface area (Å²) in [6.07, 6.45) is 7.73. The Kier molecular flexibility index (Phi) is 4.97. The summed E-state index contributed by atoms with van der Waals surface area (Å²) in [6, 6.07) is 4.38. The normalized spacial score (nSPS) is 17.7. The van der Waals surface area contributed by atoms with Crippen LogP contribution in [0.4, 0.5) is 0 Å². The third kappa shape index (κ3) is 3.35. The summed E-state index contributed by atoms with van der Waals surface area (Å²) in [5, 5.41) is 4.10. The maximum Gasteiger partial charge on any atom is 0.259 e. The van der Waals surface area contributed by atoms with Gasteiger partial charge in [0, 0.05) is 25.0 Å². The van der Waals surface area contributed by atoms with Crippen molar-refractivity contribution in [1.82, 2.24) is 15.0 Å². The Balaban J connectivity index is 1.73. The van der Waals surface area contributed by atoms with E-state index in [9.17, 15) is 4.79 Å². The number of carbonyl (C=O) groups excluding carboxylic acids is 1. The van der Waals surface area contributed by atoms with Gasteiger partial charge in [-0.15, -0.1) is 0 Å². The summed E-state index contributed by atoms with van der Waals surface area (Å²) < 4.78 is 5.30. The number of aryl methyl sites for hydroxylation is 2. The molecule has 5 heteroatoms. The number of aromatic nitrogens is 2. The third-order valence-electron chi connectivity index (χ3n) is 4.80. The van der Waals surface area contributed by atoms with E-state index in [1.54, 1.807) is 0 Å². The van der Waals surface area contributed by atoms with Crippen LogP contribution >= 0.6 is 0 Å². The van der Waals surface area contributed by atoms with Gasteiger partial charge in [-0.25, -0.2) is 0 Å². The van der Waals surface area contributed by atoms with Gasteiger partial charge in [-0.2, -0.15) is 0 Å². The maximum atomic E-state index is 13.1. The molecule has 128 valence electrons. The highest BCUT2D eigenvalue weighted by Crippen LogP contribution is 2.28. The van der Waals surface area contributed by atoms with E-state index in [0.29, 0.717) is 17.4 Å². The first-order valence-corrected chi connectivity index (χ1v) is 8.74. The minimum absolute atomic E-state index is 0.0784. The molecule has 5 nitrogen and oxygen atoms in total. The number of hydrogen-bond acceptors (Lipinski definition) is 4. The first-order chi connectivity index (χ1) is 11.6. The molecule has 1 fully saturated rings. The van der Waals surface area contributed by atoms with Gasteiger partial charge in [0.05, 0.1) is 5.69 Å². The van der Waals surface area contributed by atoms with Crippen LogP contribution in [0.2, 0.25) is 0 Å². The molecule has 0 spiro atoms. The number of hydrogen-bond donors (Lipinski definition) is 0. The topological polar surface area (TPSA) is 59.2 Å². The van der Waals surface area contributed by atoms with Crippen molar-refractivity contribution in [2.75, 3.05) is 6.54 Å². The van der Waals surface area contributed by atoms with Crippen molar-refractivity contribution in [3.63, 3.8) is 0 Å². The van der Waals surface area contributed by atoms with Gasteiger partial charge in [0.1, 0.15) is 11.3 Å². The Hall–Kier alpha value is -2.17. The van der Waals surface area contributed by atoms with Gasteiger partial charge in [0.2, 0.25) is 0 Å². The van der Waals surface area contributed by atoms with Crippen molar-refractivity contribution in [3.8, 4) is 0 Å². The standard InChI is InChI=1S/C19H25N3O2/c1-13(2)18-17(14(3)24-21-18)19(23)22-12-4-5-16(22)7-6-15-8-10-20-11-9-15/h8-11,13,16H,4-7,12H2,1-3H3. The van der Waals surface area contributed by atoms with Gasteiger partial charge in [-0.1, -0.05) is 19.0 Å². The lowest BCUT2D eigenvalue weighted by molar-refractivity contribution is 0.0727. The average Bonchev–Trinajstić information content (AvgIpc) is 3.19. The molecule has 3 rings (SSSR count). The molecule has 3 heterocycles. The van der Waals surface area contributed by atoms with Crippen LogP contribution in [0.3, 0.4) is 0 Å². The first-order valence-electron chi connectivity index (χ1n) is 8.74. The van der Waals surface area contributed by atoms with Gasteiger partial charge in [0.15, 0.2) is 0 Å². The Morgan fingerprint density at radius 3 is 2.83 bits per heavy atom. The zero-order valence-electron chi connectivity index (χ0n) is 14.7. The average molecular weight is 327 g/mol. The summed E-state index contributed by atoms with van der Waals surface area (Å²) in [6.45, 7) is 6.73. The van der Waals surface area contributed by atoms with E-state index in [2.05, 4.69) is 10.1 Å². The maximum absolute atomic E-state index is 13.1. The van der Waals surface area contributed by atoms with Crippen LogP contribution in [-0.2, 0) is 6.42 Å². The minimum atomic E-state index is 0.0784. The molecular weight excluding hydrogens is 302 g/mol. The molecule has 2 aromatic heterocycles. The summed E-state index contributed by atoms with van der Waals surface area (Å²) in [5.41, 5.74) is 2.71. The van der Waals surface area contributed by atoms with E-state index >= 15 is 0 Å². The quantitative estimate of drug-likeness (QED) is 0.839. The predicted molar refractivity (Wildman–Crippen MR) is 91.9 cm³/mol. The number of rotatable bonds is 5. The molecule has 1 aliphatic heterocycles. The number of nitrogens with zero attached hydrogens (tertiary/aromatic N) is 3. The van der Waals surface area contributed by atoms with E-state index in [1.165, 1.54) is 5.56 Å². The molecule has 0 N–H and O–H groups in total. The second kappa shape index (κ2) is 7.16. The number of pyridine rings is 1. The number of likely N-dealkylation sites (tertiary alicyclic amines) is 1. The van der Waals surface area contributed by atoms with Crippen LogP contribution in [0.1, 0.15) is 66.4 Å². The first kappa shape index (κ1) is 16.7. The Morgan fingerprint density at radius 2 is 2.12 bits per heavy atom. The number of carbonyl (C=O) groups is 1. The van der Waals surface area contributed by atoms with E-state index in [4.69, 9.17) is 4.52 Å². The Bertz CT molecular complexity index is 694. The fraction of sp³-hybridized carbons (Fsp3) is 0.526. The molecule has 0 radical (unpaired) electrons. The zero-order valence-corrected chi connectivity index (χ0v) is 14.7. The van der Waals surface area contributed by atoms with Gasteiger partial charge >= 0.3 is 0 Å². The highest BCUT2D eigenvalue weighted by Gasteiger charge is 2.33. The van der Waals surface area contributed by atoms with Crippen LogP contribution in [0.25, 0.3) is 0 Å². The zero-order chi connectivity index (χ0) is 17.1. The minimum Gasteiger partial charge on any atom is -0.361 e. The monoisotopic (exact) mass is 327 g/mol. The smallest absolute Gasteiger partial charge is 0.259 e. The van der Waals surface area contributed by atoms with Gasteiger partial charge in [0.25, 0.3) is 5.91 Å². The molecule has 2 aromatic rings. The molecule has 0 aromatic carbocycles. The third-order valence-corrected chi connectivity index (χ3v) is 4.80. The van der Waals surface area contributed by atoms with Gasteiger partial charge < -0.3 is 9.42 Å². The lowest BCUT2D eigenvalue weighted by atomic mass is 10.0. The summed E-state index contributed by atoms with van der Waals surface area (Å²) >= 11 is 0. The van der Waals surface area contributed by atoms with Crippen molar-refractivity contribution in [3.05, 3.63) is 47.1 Å². The van der Waals surface area contributed by atoms with Gasteiger partial charge in [-0.3, -0.25) is 9.78 Å². The van der Waals surface area contributed by atoms with Crippen LogP contribution in [-0.4, -0.2) is 33.5 Å². The fourth-order valence-electron chi connectivity index (χ4n) is 3.47. The van der Waals surface area contributed by atoms with Crippen molar-refractivity contribution >= 4 is 5.91 Å². The van der Waals surface area contributed by atoms with Crippen molar-refractivity contribution in [2.24, 2.45) is 0 Å². The second-order valence-corrected chi connectivity index (χ2v) is 6.84. The summed E-state index contributed by atoms with van der Waals surface area (Å²) in [5.74, 6) is 0.887. The van der Waals surface area contributed by atoms with Crippen LogP contribution in [0, 0.1) is 6.92 Å². The van der Waals surface area contributed by atoms with E-state index in [-0.39, 0.29) is 11.8 Å². The van der Waals surface area contributed by atoms with Crippen LogP contribution in [0.15, 0.2) is 29.0 Å². The van der Waals surface area contributed by atoms with Crippen molar-refractivity contribution in [2.45, 2.75) is 58.4 Å². The van der Waals surface area contributed by atoms with E-state index in [1.807, 2.05) is 50.2 Å². The molecule has 1 aliphatic rings. The largest absolute Gasteiger partial charge is 0.361 e. The Morgan fingerprint density at radius 1 is 1.38 bits per heavy atom. The number of amides is 1. The molecular formula is C19H25N3O2. The molecule has 1 unspecified atom stereocenters. The fourth-order valence-corrected chi connectivity index (χ4v) is 3.47. The molecule has 0 bridgehead atoms. The second-order valence-electron chi connectivity index (χ2n) is 6.84. The summed E-state index contributed by atoms with van der Waals surface area (Å²) in [7, 11) is 0. The lowest BCUT2D eigenvalue weighted by Crippen LogP contribution is -2.36. The van der Waals surface area contributed by atoms with E-state index < -0.39 is 0 Å². The predicted octanol–water partition coefficient (Wildman–Crippen LogP) is 3.74. The molecule has 0 aliphatic carbocycles. The molecule has 1 saturated heterocycles. The van der Waals surface area contributed by atoms with Crippen molar-refractivity contribution in [1.29, 1.82) is 0 Å². The molecule has 1 amide bonds. The highest BCUT2D eigenvalue weighted by atomic mass is 16.5. The molecule has 24 heavy (non-hydrogen) atoms. The van der Waals surface area contributed by atoms with Crippen LogP contribution < -0.4 is 0 Å². The van der Waals surface area contributed by atoms with Crippen molar-refractivity contribution < 1.29 is 9.32 Å². The molecule has 1 atom stereocenters.